The van der Waals surface area contributed by atoms with E-state index >= 15 is 0 Å². The molecule has 2 aromatic carbocycles. The standard InChI is InChI=1S/C17H18ClNO3/c1-12(20)15-4-2-3-5-16(15)19-17(21)10-11-22-14-8-6-13(18)7-9-14/h2-9,12,20H,10-11H2,1H3,(H,19,21). The van der Waals surface area contributed by atoms with Gasteiger partial charge in [-0.3, -0.25) is 4.79 Å². The van der Waals surface area contributed by atoms with Crippen LogP contribution in [0.1, 0.15) is 25.0 Å². The number of anilines is 1. The summed E-state index contributed by atoms with van der Waals surface area (Å²) in [6, 6.07) is 14.1. The second-order valence-electron chi connectivity index (χ2n) is 4.86. The Morgan fingerprint density at radius 2 is 1.91 bits per heavy atom. The Morgan fingerprint density at radius 1 is 1.23 bits per heavy atom. The van der Waals surface area contributed by atoms with Crippen LogP contribution in [0.5, 0.6) is 5.75 Å². The van der Waals surface area contributed by atoms with Gasteiger partial charge in [-0.15, -0.1) is 0 Å². The van der Waals surface area contributed by atoms with Crippen LogP contribution in [0.15, 0.2) is 48.5 Å². The molecule has 2 aromatic rings. The molecular weight excluding hydrogens is 302 g/mol. The normalized spacial score (nSPS) is 11.8. The van der Waals surface area contributed by atoms with Crippen molar-refractivity contribution in [1.82, 2.24) is 0 Å². The molecule has 0 heterocycles. The largest absolute Gasteiger partial charge is 0.493 e. The number of amides is 1. The minimum Gasteiger partial charge on any atom is -0.493 e. The van der Waals surface area contributed by atoms with Crippen LogP contribution in [-0.2, 0) is 4.79 Å². The van der Waals surface area contributed by atoms with Crippen molar-refractivity contribution in [1.29, 1.82) is 0 Å². The van der Waals surface area contributed by atoms with Gasteiger partial charge in [-0.25, -0.2) is 0 Å². The van der Waals surface area contributed by atoms with Crippen molar-refractivity contribution in [2.75, 3.05) is 11.9 Å². The molecule has 2 rings (SSSR count). The highest BCUT2D eigenvalue weighted by molar-refractivity contribution is 6.30. The fourth-order valence-electron chi connectivity index (χ4n) is 1.98. The number of aliphatic hydroxyl groups is 1. The first-order valence-corrected chi connectivity index (χ1v) is 7.39. The molecule has 0 aromatic heterocycles. The highest BCUT2D eigenvalue weighted by atomic mass is 35.5. The van der Waals surface area contributed by atoms with Gasteiger partial charge in [0, 0.05) is 16.3 Å². The Morgan fingerprint density at radius 3 is 2.59 bits per heavy atom. The summed E-state index contributed by atoms with van der Waals surface area (Å²) in [5.74, 6) is 0.503. The highest BCUT2D eigenvalue weighted by Crippen LogP contribution is 2.22. The molecule has 0 aliphatic heterocycles. The Hall–Kier alpha value is -2.04. The van der Waals surface area contributed by atoms with E-state index in [-0.39, 0.29) is 18.9 Å². The molecule has 0 spiro atoms. The molecule has 22 heavy (non-hydrogen) atoms. The number of ether oxygens (including phenoxy) is 1. The van der Waals surface area contributed by atoms with Gasteiger partial charge in [0.15, 0.2) is 0 Å². The summed E-state index contributed by atoms with van der Waals surface area (Å²) < 4.78 is 5.48. The molecule has 116 valence electrons. The van der Waals surface area contributed by atoms with E-state index in [9.17, 15) is 9.90 Å². The first kappa shape index (κ1) is 16.3. The maximum Gasteiger partial charge on any atom is 0.227 e. The summed E-state index contributed by atoms with van der Waals surface area (Å²) in [6.45, 7) is 1.93. The Labute approximate surface area is 134 Å². The zero-order valence-electron chi connectivity index (χ0n) is 12.3. The van der Waals surface area contributed by atoms with E-state index in [1.807, 2.05) is 12.1 Å². The van der Waals surface area contributed by atoms with Crippen molar-refractivity contribution in [3.63, 3.8) is 0 Å². The number of carbonyl (C=O) groups is 1. The number of hydrogen-bond donors (Lipinski definition) is 2. The molecule has 1 unspecified atom stereocenters. The molecule has 0 saturated heterocycles. The molecule has 1 atom stereocenters. The number of benzene rings is 2. The van der Waals surface area contributed by atoms with Crippen LogP contribution >= 0.6 is 11.6 Å². The molecule has 0 bridgehead atoms. The fourth-order valence-corrected chi connectivity index (χ4v) is 2.11. The number of aliphatic hydroxyl groups excluding tert-OH is 1. The van der Waals surface area contributed by atoms with Crippen LogP contribution in [0, 0.1) is 0 Å². The highest BCUT2D eigenvalue weighted by Gasteiger charge is 2.10. The number of rotatable bonds is 6. The van der Waals surface area contributed by atoms with Crippen LogP contribution < -0.4 is 10.1 Å². The zero-order valence-corrected chi connectivity index (χ0v) is 13.0. The molecular formula is C17H18ClNO3. The average molecular weight is 320 g/mol. The number of hydrogen-bond acceptors (Lipinski definition) is 3. The summed E-state index contributed by atoms with van der Waals surface area (Å²) >= 11 is 5.79. The van der Waals surface area contributed by atoms with Crippen molar-refractivity contribution in [2.45, 2.75) is 19.4 Å². The van der Waals surface area contributed by atoms with Crippen molar-refractivity contribution in [3.8, 4) is 5.75 Å². The van der Waals surface area contributed by atoms with E-state index in [1.54, 1.807) is 43.3 Å². The lowest BCUT2D eigenvalue weighted by atomic mass is 10.1. The summed E-state index contributed by atoms with van der Waals surface area (Å²) in [5, 5.41) is 13.1. The molecule has 0 radical (unpaired) electrons. The second-order valence-corrected chi connectivity index (χ2v) is 5.30. The van der Waals surface area contributed by atoms with Crippen LogP contribution in [0.2, 0.25) is 5.02 Å². The van der Waals surface area contributed by atoms with Crippen LogP contribution in [-0.4, -0.2) is 17.6 Å². The summed E-state index contributed by atoms with van der Waals surface area (Å²) in [4.78, 5) is 11.9. The Kier molecular flexibility index (Phi) is 5.81. The van der Waals surface area contributed by atoms with Crippen molar-refractivity contribution >= 4 is 23.2 Å². The van der Waals surface area contributed by atoms with Gasteiger partial charge in [0.2, 0.25) is 5.91 Å². The quantitative estimate of drug-likeness (QED) is 0.851. The second kappa shape index (κ2) is 7.82. The lowest BCUT2D eigenvalue weighted by Gasteiger charge is -2.13. The third kappa shape index (κ3) is 4.76. The molecule has 0 aliphatic carbocycles. The first-order valence-electron chi connectivity index (χ1n) is 7.01. The maximum absolute atomic E-state index is 11.9. The van der Waals surface area contributed by atoms with Gasteiger partial charge in [0.05, 0.1) is 19.1 Å². The third-order valence-corrected chi connectivity index (χ3v) is 3.35. The van der Waals surface area contributed by atoms with Crippen molar-refractivity contribution in [2.24, 2.45) is 0 Å². The minimum atomic E-state index is -0.637. The van der Waals surface area contributed by atoms with Crippen molar-refractivity contribution in [3.05, 3.63) is 59.1 Å². The number of halogens is 1. The van der Waals surface area contributed by atoms with E-state index in [0.29, 0.717) is 22.0 Å². The predicted octanol–water partition coefficient (Wildman–Crippen LogP) is 3.80. The summed E-state index contributed by atoms with van der Waals surface area (Å²) in [5.41, 5.74) is 1.31. The predicted molar refractivity (Wildman–Crippen MR) is 87.3 cm³/mol. The van der Waals surface area contributed by atoms with Gasteiger partial charge in [0.1, 0.15) is 5.75 Å². The SMILES string of the molecule is CC(O)c1ccccc1NC(=O)CCOc1ccc(Cl)cc1. The van der Waals surface area contributed by atoms with Gasteiger partial charge in [0.25, 0.3) is 0 Å². The lowest BCUT2D eigenvalue weighted by Crippen LogP contribution is -2.16. The van der Waals surface area contributed by atoms with Gasteiger partial charge in [-0.2, -0.15) is 0 Å². The molecule has 4 nitrogen and oxygen atoms in total. The van der Waals surface area contributed by atoms with E-state index in [4.69, 9.17) is 16.3 Å². The smallest absolute Gasteiger partial charge is 0.227 e. The molecule has 0 fully saturated rings. The third-order valence-electron chi connectivity index (χ3n) is 3.10. The Balaban J connectivity index is 1.84. The topological polar surface area (TPSA) is 58.6 Å². The average Bonchev–Trinajstić information content (AvgIpc) is 2.49. The molecule has 0 saturated carbocycles. The number of para-hydroxylation sites is 1. The molecule has 2 N–H and O–H groups in total. The van der Waals surface area contributed by atoms with E-state index in [2.05, 4.69) is 5.32 Å². The fraction of sp³-hybridized carbons (Fsp3) is 0.235. The zero-order chi connectivity index (χ0) is 15.9. The van der Waals surface area contributed by atoms with Crippen LogP contribution in [0.4, 0.5) is 5.69 Å². The molecule has 1 amide bonds. The van der Waals surface area contributed by atoms with E-state index in [0.717, 1.165) is 0 Å². The maximum atomic E-state index is 11.9. The molecule has 0 aliphatic rings. The minimum absolute atomic E-state index is 0.165. The lowest BCUT2D eigenvalue weighted by molar-refractivity contribution is -0.116. The van der Waals surface area contributed by atoms with Crippen LogP contribution in [0.25, 0.3) is 0 Å². The van der Waals surface area contributed by atoms with Gasteiger partial charge < -0.3 is 15.2 Å². The van der Waals surface area contributed by atoms with Gasteiger partial charge in [-0.1, -0.05) is 29.8 Å². The van der Waals surface area contributed by atoms with Crippen LogP contribution in [0.3, 0.4) is 0 Å². The molecule has 5 heteroatoms. The van der Waals surface area contributed by atoms with Gasteiger partial charge >= 0.3 is 0 Å². The number of carbonyl (C=O) groups excluding carboxylic acids is 1. The van der Waals surface area contributed by atoms with E-state index in [1.165, 1.54) is 0 Å². The monoisotopic (exact) mass is 319 g/mol. The first-order chi connectivity index (χ1) is 10.6. The summed E-state index contributed by atoms with van der Waals surface area (Å²) in [7, 11) is 0. The van der Waals surface area contributed by atoms with Crippen molar-refractivity contribution < 1.29 is 14.6 Å². The Bertz CT molecular complexity index is 626. The number of nitrogens with one attached hydrogen (secondary N) is 1. The van der Waals surface area contributed by atoms with E-state index < -0.39 is 6.10 Å². The van der Waals surface area contributed by atoms with Gasteiger partial charge in [-0.05, 0) is 37.3 Å². The summed E-state index contributed by atoms with van der Waals surface area (Å²) in [6.07, 6.45) is -0.418.